The van der Waals surface area contributed by atoms with Crippen molar-refractivity contribution in [2.24, 2.45) is 0 Å². The molecule has 30 heavy (non-hydrogen) atoms. The zero-order chi connectivity index (χ0) is 21.4. The highest BCUT2D eigenvalue weighted by molar-refractivity contribution is 7.89. The Bertz CT molecular complexity index is 964. The van der Waals surface area contributed by atoms with Gasteiger partial charge in [-0.3, -0.25) is 4.79 Å². The fraction of sp³-hybridized carbons (Fsp3) is 0.318. The first-order valence-electron chi connectivity index (χ1n) is 9.76. The maximum atomic E-state index is 12.6. The van der Waals surface area contributed by atoms with E-state index in [2.05, 4.69) is 5.32 Å². The van der Waals surface area contributed by atoms with Crippen molar-refractivity contribution in [1.29, 1.82) is 0 Å². The molecule has 0 aliphatic carbocycles. The van der Waals surface area contributed by atoms with E-state index in [1.54, 1.807) is 37.5 Å². The Morgan fingerprint density at radius 1 is 1.10 bits per heavy atom. The Balaban J connectivity index is 1.47. The van der Waals surface area contributed by atoms with Crippen molar-refractivity contribution in [1.82, 2.24) is 9.62 Å². The summed E-state index contributed by atoms with van der Waals surface area (Å²) in [5, 5.41) is 2.83. The van der Waals surface area contributed by atoms with Gasteiger partial charge in [0, 0.05) is 25.7 Å². The fourth-order valence-electron chi connectivity index (χ4n) is 3.04. The Labute approximate surface area is 177 Å². The van der Waals surface area contributed by atoms with E-state index < -0.39 is 10.0 Å². The molecule has 0 aromatic heterocycles. The largest absolute Gasteiger partial charge is 0.497 e. The van der Waals surface area contributed by atoms with E-state index in [0.717, 1.165) is 16.9 Å². The highest BCUT2D eigenvalue weighted by Crippen LogP contribution is 2.18. The standard InChI is InChI=1S/C22H26N2O5S/c1-28-20-7-2-18(3-8-20)6-11-22(25)23-13-12-19-4-9-21(10-5-19)30(26,27)24-14-16-29-17-15-24/h2-11H,12-17H2,1H3,(H,23,25)/b11-6+. The molecule has 2 aromatic rings. The highest BCUT2D eigenvalue weighted by atomic mass is 32.2. The van der Waals surface area contributed by atoms with Gasteiger partial charge in [0.25, 0.3) is 0 Å². The lowest BCUT2D eigenvalue weighted by Gasteiger charge is -2.26. The zero-order valence-corrected chi connectivity index (χ0v) is 17.7. The molecular weight excluding hydrogens is 404 g/mol. The van der Waals surface area contributed by atoms with Gasteiger partial charge in [0.1, 0.15) is 5.75 Å². The van der Waals surface area contributed by atoms with E-state index in [4.69, 9.17) is 9.47 Å². The number of rotatable bonds is 8. The molecule has 0 spiro atoms. The van der Waals surface area contributed by atoms with Gasteiger partial charge in [0.2, 0.25) is 15.9 Å². The molecule has 1 heterocycles. The number of morpholine rings is 1. The molecule has 3 rings (SSSR count). The van der Waals surface area contributed by atoms with Gasteiger partial charge >= 0.3 is 0 Å². The number of methoxy groups -OCH3 is 1. The Morgan fingerprint density at radius 2 is 1.77 bits per heavy atom. The molecule has 0 atom stereocenters. The number of hydrogen-bond acceptors (Lipinski definition) is 5. The SMILES string of the molecule is COc1ccc(/C=C/C(=O)NCCc2ccc(S(=O)(=O)N3CCOCC3)cc2)cc1. The van der Waals surface area contributed by atoms with Gasteiger partial charge in [-0.2, -0.15) is 4.31 Å². The van der Waals surface area contributed by atoms with Crippen LogP contribution in [-0.4, -0.2) is 58.6 Å². The first-order valence-corrected chi connectivity index (χ1v) is 11.2. The number of nitrogens with one attached hydrogen (secondary N) is 1. The molecule has 1 amide bonds. The second kappa shape index (κ2) is 10.4. The van der Waals surface area contributed by atoms with Gasteiger partial charge in [-0.05, 0) is 47.9 Å². The van der Waals surface area contributed by atoms with Crippen LogP contribution in [0.3, 0.4) is 0 Å². The van der Waals surface area contributed by atoms with E-state index in [-0.39, 0.29) is 10.8 Å². The molecule has 0 bridgehead atoms. The Hall–Kier alpha value is -2.68. The lowest BCUT2D eigenvalue weighted by atomic mass is 10.1. The van der Waals surface area contributed by atoms with E-state index >= 15 is 0 Å². The molecule has 0 saturated carbocycles. The lowest BCUT2D eigenvalue weighted by Crippen LogP contribution is -2.40. The van der Waals surface area contributed by atoms with Crippen LogP contribution < -0.4 is 10.1 Å². The molecule has 1 N–H and O–H groups in total. The summed E-state index contributed by atoms with van der Waals surface area (Å²) in [6.07, 6.45) is 3.83. The van der Waals surface area contributed by atoms with Crippen molar-refractivity contribution < 1.29 is 22.7 Å². The summed E-state index contributed by atoms with van der Waals surface area (Å²) in [7, 11) is -1.88. The summed E-state index contributed by atoms with van der Waals surface area (Å²) in [5.41, 5.74) is 1.86. The molecule has 160 valence electrons. The van der Waals surface area contributed by atoms with E-state index in [1.807, 2.05) is 24.3 Å². The third-order valence-electron chi connectivity index (χ3n) is 4.79. The summed E-state index contributed by atoms with van der Waals surface area (Å²) < 4.78 is 37.0. The topological polar surface area (TPSA) is 84.9 Å². The lowest BCUT2D eigenvalue weighted by molar-refractivity contribution is -0.116. The maximum absolute atomic E-state index is 12.6. The molecule has 1 aliphatic heterocycles. The van der Waals surface area contributed by atoms with Crippen LogP contribution in [0.1, 0.15) is 11.1 Å². The summed E-state index contributed by atoms with van der Waals surface area (Å²) >= 11 is 0. The van der Waals surface area contributed by atoms with Crippen molar-refractivity contribution in [2.45, 2.75) is 11.3 Å². The second-order valence-electron chi connectivity index (χ2n) is 6.81. The van der Waals surface area contributed by atoms with Crippen molar-refractivity contribution >= 4 is 22.0 Å². The third kappa shape index (κ3) is 5.91. The average Bonchev–Trinajstić information content (AvgIpc) is 2.79. The zero-order valence-electron chi connectivity index (χ0n) is 16.9. The van der Waals surface area contributed by atoms with Crippen LogP contribution in [0.2, 0.25) is 0 Å². The van der Waals surface area contributed by atoms with E-state index in [9.17, 15) is 13.2 Å². The number of amides is 1. The maximum Gasteiger partial charge on any atom is 0.244 e. The molecule has 0 unspecified atom stereocenters. The smallest absolute Gasteiger partial charge is 0.244 e. The van der Waals surface area contributed by atoms with Gasteiger partial charge in [-0.1, -0.05) is 24.3 Å². The van der Waals surface area contributed by atoms with Crippen molar-refractivity contribution in [2.75, 3.05) is 40.0 Å². The predicted molar refractivity (Wildman–Crippen MR) is 115 cm³/mol. The molecular formula is C22H26N2O5S. The number of benzene rings is 2. The van der Waals surface area contributed by atoms with Crippen LogP contribution in [0.4, 0.5) is 0 Å². The number of hydrogen-bond donors (Lipinski definition) is 1. The van der Waals surface area contributed by atoms with E-state index in [1.165, 1.54) is 10.4 Å². The number of sulfonamides is 1. The van der Waals surface area contributed by atoms with Gasteiger partial charge in [-0.15, -0.1) is 0 Å². The van der Waals surface area contributed by atoms with Crippen LogP contribution in [0, 0.1) is 0 Å². The molecule has 8 heteroatoms. The number of nitrogens with zero attached hydrogens (tertiary/aromatic N) is 1. The molecule has 1 aliphatic rings. The van der Waals surface area contributed by atoms with Crippen molar-refractivity contribution in [3.05, 3.63) is 65.7 Å². The second-order valence-corrected chi connectivity index (χ2v) is 8.75. The minimum Gasteiger partial charge on any atom is -0.497 e. The Kier molecular flexibility index (Phi) is 7.62. The normalized spacial score (nSPS) is 15.2. The summed E-state index contributed by atoms with van der Waals surface area (Å²) in [5.74, 6) is 0.581. The molecule has 2 aromatic carbocycles. The predicted octanol–water partition coefficient (Wildman–Crippen LogP) is 2.09. The van der Waals surface area contributed by atoms with Crippen LogP contribution >= 0.6 is 0 Å². The Morgan fingerprint density at radius 3 is 2.40 bits per heavy atom. The summed E-state index contributed by atoms with van der Waals surface area (Å²) in [4.78, 5) is 12.3. The van der Waals surface area contributed by atoms with Crippen LogP contribution in [0.25, 0.3) is 6.08 Å². The summed E-state index contributed by atoms with van der Waals surface area (Å²) in [6.45, 7) is 2.05. The average molecular weight is 431 g/mol. The van der Waals surface area contributed by atoms with Crippen LogP contribution in [-0.2, 0) is 26.0 Å². The summed E-state index contributed by atoms with van der Waals surface area (Å²) in [6, 6.07) is 14.2. The number of carbonyl (C=O) groups excluding carboxylic acids is 1. The van der Waals surface area contributed by atoms with Gasteiger partial charge in [-0.25, -0.2) is 8.42 Å². The molecule has 1 saturated heterocycles. The van der Waals surface area contributed by atoms with Gasteiger partial charge in [0.05, 0.1) is 25.2 Å². The number of ether oxygens (including phenoxy) is 2. The van der Waals surface area contributed by atoms with Crippen LogP contribution in [0.5, 0.6) is 5.75 Å². The van der Waals surface area contributed by atoms with Crippen molar-refractivity contribution in [3.63, 3.8) is 0 Å². The quantitative estimate of drug-likeness (QED) is 0.649. The van der Waals surface area contributed by atoms with Gasteiger partial charge in [0.15, 0.2) is 0 Å². The van der Waals surface area contributed by atoms with Crippen molar-refractivity contribution in [3.8, 4) is 5.75 Å². The minimum atomic E-state index is -3.48. The minimum absolute atomic E-state index is 0.183. The first-order chi connectivity index (χ1) is 14.5. The highest BCUT2D eigenvalue weighted by Gasteiger charge is 2.25. The van der Waals surface area contributed by atoms with Crippen LogP contribution in [0.15, 0.2) is 59.5 Å². The fourth-order valence-corrected chi connectivity index (χ4v) is 4.45. The molecule has 1 fully saturated rings. The number of carbonyl (C=O) groups is 1. The molecule has 7 nitrogen and oxygen atoms in total. The van der Waals surface area contributed by atoms with E-state index in [0.29, 0.717) is 39.3 Å². The molecule has 0 radical (unpaired) electrons. The monoisotopic (exact) mass is 430 g/mol. The first kappa shape index (κ1) is 22.0. The third-order valence-corrected chi connectivity index (χ3v) is 6.70. The van der Waals surface area contributed by atoms with Gasteiger partial charge < -0.3 is 14.8 Å².